The maximum absolute atomic E-state index is 9.51. The van der Waals surface area contributed by atoms with Crippen molar-refractivity contribution < 1.29 is 5.11 Å². The number of rotatable bonds is 11. The molecule has 0 radical (unpaired) electrons. The van der Waals surface area contributed by atoms with Crippen LogP contribution in [0.4, 0.5) is 0 Å². The summed E-state index contributed by atoms with van der Waals surface area (Å²) in [5, 5.41) is 13.0. The van der Waals surface area contributed by atoms with Crippen LogP contribution >= 0.6 is 0 Å². The Morgan fingerprint density at radius 3 is 2.32 bits per heavy atom. The molecule has 19 heavy (non-hydrogen) atoms. The molecule has 2 N–H and O–H groups in total. The van der Waals surface area contributed by atoms with Gasteiger partial charge >= 0.3 is 0 Å². The highest BCUT2D eigenvalue weighted by atomic mass is 16.3. The van der Waals surface area contributed by atoms with Crippen molar-refractivity contribution in [1.82, 2.24) is 10.2 Å². The van der Waals surface area contributed by atoms with Gasteiger partial charge in [0.25, 0.3) is 0 Å². The molecule has 0 aliphatic rings. The van der Waals surface area contributed by atoms with Gasteiger partial charge in [-0.1, -0.05) is 27.2 Å². The minimum atomic E-state index is -0.0990. The van der Waals surface area contributed by atoms with Crippen LogP contribution in [0, 0.1) is 5.92 Å². The van der Waals surface area contributed by atoms with E-state index in [4.69, 9.17) is 0 Å². The average molecular weight is 272 g/mol. The molecule has 0 saturated heterocycles. The lowest BCUT2D eigenvalue weighted by Gasteiger charge is -2.30. The van der Waals surface area contributed by atoms with Gasteiger partial charge in [0.15, 0.2) is 0 Å². The van der Waals surface area contributed by atoms with Crippen molar-refractivity contribution in [2.45, 2.75) is 71.9 Å². The van der Waals surface area contributed by atoms with E-state index in [1.165, 1.54) is 12.8 Å². The Bertz CT molecular complexity index is 221. The van der Waals surface area contributed by atoms with Crippen molar-refractivity contribution in [3.63, 3.8) is 0 Å². The van der Waals surface area contributed by atoms with Gasteiger partial charge in [0.2, 0.25) is 0 Å². The second-order valence-corrected chi connectivity index (χ2v) is 6.57. The summed E-state index contributed by atoms with van der Waals surface area (Å²) in [5.74, 6) is 0.707. The zero-order chi connectivity index (χ0) is 14.9. The molecular weight excluding hydrogens is 236 g/mol. The number of aliphatic hydroxyl groups excluding tert-OH is 1. The summed E-state index contributed by atoms with van der Waals surface area (Å²) >= 11 is 0. The van der Waals surface area contributed by atoms with Crippen molar-refractivity contribution in [3.05, 3.63) is 0 Å². The maximum atomic E-state index is 9.51. The number of hydrogen-bond donors (Lipinski definition) is 2. The molecule has 3 nitrogen and oxygen atoms in total. The first-order chi connectivity index (χ1) is 8.86. The van der Waals surface area contributed by atoms with E-state index in [-0.39, 0.29) is 12.1 Å². The summed E-state index contributed by atoms with van der Waals surface area (Å²) in [7, 11) is 2.21. The van der Waals surface area contributed by atoms with E-state index in [1.807, 2.05) is 0 Å². The summed E-state index contributed by atoms with van der Waals surface area (Å²) in [4.78, 5) is 2.44. The molecular formula is C16H36N2O. The SMILES string of the molecule is CCCNC(C)(CO)CCCCN(C)C(C)C(C)C. The second-order valence-electron chi connectivity index (χ2n) is 6.57. The number of unbranched alkanes of at least 4 members (excludes halogenated alkanes) is 1. The van der Waals surface area contributed by atoms with Gasteiger partial charge in [-0.15, -0.1) is 0 Å². The lowest BCUT2D eigenvalue weighted by atomic mass is 9.95. The summed E-state index contributed by atoms with van der Waals surface area (Å²) in [5.41, 5.74) is -0.0990. The van der Waals surface area contributed by atoms with Crippen LogP contribution in [0.15, 0.2) is 0 Å². The van der Waals surface area contributed by atoms with Crippen LogP contribution in [-0.2, 0) is 0 Å². The molecule has 3 heteroatoms. The topological polar surface area (TPSA) is 35.5 Å². The predicted molar refractivity (Wildman–Crippen MR) is 84.6 cm³/mol. The van der Waals surface area contributed by atoms with Crippen molar-refractivity contribution in [1.29, 1.82) is 0 Å². The number of hydrogen-bond acceptors (Lipinski definition) is 3. The summed E-state index contributed by atoms with van der Waals surface area (Å²) in [6.45, 7) is 13.5. The highest BCUT2D eigenvalue weighted by Crippen LogP contribution is 2.15. The maximum Gasteiger partial charge on any atom is 0.0610 e. The van der Waals surface area contributed by atoms with E-state index in [1.54, 1.807) is 0 Å². The minimum Gasteiger partial charge on any atom is -0.394 e. The van der Waals surface area contributed by atoms with E-state index in [9.17, 15) is 5.11 Å². The Morgan fingerprint density at radius 1 is 1.21 bits per heavy atom. The van der Waals surface area contributed by atoms with Crippen molar-refractivity contribution in [3.8, 4) is 0 Å². The van der Waals surface area contributed by atoms with Crippen LogP contribution in [0.1, 0.15) is 60.3 Å². The Hall–Kier alpha value is -0.120. The van der Waals surface area contributed by atoms with Crippen LogP contribution in [-0.4, -0.2) is 48.3 Å². The quantitative estimate of drug-likeness (QED) is 0.568. The van der Waals surface area contributed by atoms with Crippen LogP contribution in [0.2, 0.25) is 0 Å². The third-order valence-electron chi connectivity index (χ3n) is 4.30. The second kappa shape index (κ2) is 9.73. The number of aliphatic hydroxyl groups is 1. The Balaban J connectivity index is 3.88. The molecule has 0 saturated carbocycles. The van der Waals surface area contributed by atoms with E-state index >= 15 is 0 Å². The molecule has 0 aromatic heterocycles. The molecule has 0 rings (SSSR count). The fourth-order valence-electron chi connectivity index (χ4n) is 2.24. The van der Waals surface area contributed by atoms with Gasteiger partial charge in [0.05, 0.1) is 6.61 Å². The molecule has 0 aliphatic carbocycles. The molecule has 0 aromatic rings. The van der Waals surface area contributed by atoms with Crippen LogP contribution in [0.5, 0.6) is 0 Å². The molecule has 0 aromatic carbocycles. The normalized spacial score (nSPS) is 16.9. The number of nitrogens with one attached hydrogen (secondary N) is 1. The van der Waals surface area contributed by atoms with E-state index in [2.05, 4.69) is 51.9 Å². The minimum absolute atomic E-state index is 0.0990. The largest absolute Gasteiger partial charge is 0.394 e. The Labute approximate surface area is 120 Å². The number of nitrogens with zero attached hydrogens (tertiary/aromatic N) is 1. The highest BCUT2D eigenvalue weighted by molar-refractivity contribution is 4.82. The molecule has 116 valence electrons. The van der Waals surface area contributed by atoms with Crippen LogP contribution in [0.3, 0.4) is 0 Å². The zero-order valence-corrected chi connectivity index (χ0v) is 14.0. The van der Waals surface area contributed by atoms with Crippen molar-refractivity contribution >= 4 is 0 Å². The van der Waals surface area contributed by atoms with Crippen LogP contribution < -0.4 is 5.32 Å². The molecule has 2 atom stereocenters. The van der Waals surface area contributed by atoms with E-state index in [0.29, 0.717) is 12.0 Å². The van der Waals surface area contributed by atoms with Gasteiger partial charge in [0.1, 0.15) is 0 Å². The van der Waals surface area contributed by atoms with E-state index in [0.717, 1.165) is 25.9 Å². The first kappa shape index (κ1) is 18.9. The standard InChI is InChI=1S/C16H36N2O/c1-7-11-17-16(5,13-19)10-8-9-12-18(6)15(4)14(2)3/h14-15,17,19H,7-13H2,1-6H3. The predicted octanol–water partition coefficient (Wildman–Crippen LogP) is 2.88. The van der Waals surface area contributed by atoms with Gasteiger partial charge in [0, 0.05) is 11.6 Å². The monoisotopic (exact) mass is 272 g/mol. The molecule has 0 aliphatic heterocycles. The van der Waals surface area contributed by atoms with E-state index < -0.39 is 0 Å². The average Bonchev–Trinajstić information content (AvgIpc) is 2.40. The molecule has 2 unspecified atom stereocenters. The van der Waals surface area contributed by atoms with Gasteiger partial charge in [-0.05, 0) is 59.2 Å². The summed E-state index contributed by atoms with van der Waals surface area (Å²) in [6, 6.07) is 0.641. The van der Waals surface area contributed by atoms with Gasteiger partial charge in [-0.3, -0.25) is 0 Å². The van der Waals surface area contributed by atoms with Crippen molar-refractivity contribution in [2.75, 3.05) is 26.7 Å². The Kier molecular flexibility index (Phi) is 9.67. The fourth-order valence-corrected chi connectivity index (χ4v) is 2.24. The summed E-state index contributed by atoms with van der Waals surface area (Å²) < 4.78 is 0. The smallest absolute Gasteiger partial charge is 0.0610 e. The first-order valence-electron chi connectivity index (χ1n) is 7.92. The third-order valence-corrected chi connectivity index (χ3v) is 4.30. The lowest BCUT2D eigenvalue weighted by Crippen LogP contribution is -2.46. The summed E-state index contributed by atoms with van der Waals surface area (Å²) in [6.07, 6.45) is 4.54. The Morgan fingerprint density at radius 2 is 1.84 bits per heavy atom. The van der Waals surface area contributed by atoms with Crippen molar-refractivity contribution in [2.24, 2.45) is 5.92 Å². The molecule has 0 amide bonds. The molecule has 0 fully saturated rings. The first-order valence-corrected chi connectivity index (χ1v) is 7.92. The van der Waals surface area contributed by atoms with Gasteiger partial charge < -0.3 is 15.3 Å². The van der Waals surface area contributed by atoms with Crippen LogP contribution in [0.25, 0.3) is 0 Å². The van der Waals surface area contributed by atoms with Gasteiger partial charge in [-0.25, -0.2) is 0 Å². The van der Waals surface area contributed by atoms with Gasteiger partial charge in [-0.2, -0.15) is 0 Å². The third kappa shape index (κ3) is 7.91. The zero-order valence-electron chi connectivity index (χ0n) is 14.0. The highest BCUT2D eigenvalue weighted by Gasteiger charge is 2.21. The molecule has 0 heterocycles. The fraction of sp³-hybridized carbons (Fsp3) is 1.00. The lowest BCUT2D eigenvalue weighted by molar-refractivity contribution is 0.158. The molecule has 0 bridgehead atoms. The molecule has 0 spiro atoms.